The Kier molecular flexibility index (Phi) is 7.93. The summed E-state index contributed by atoms with van der Waals surface area (Å²) in [5.74, 6) is 2.59. The molecule has 10 heteroatoms. The molecule has 0 fully saturated rings. The largest absolute Gasteiger partial charge is 0.497 e. The van der Waals surface area contributed by atoms with Crippen molar-refractivity contribution in [1.29, 1.82) is 0 Å². The van der Waals surface area contributed by atoms with E-state index in [0.29, 0.717) is 28.4 Å². The van der Waals surface area contributed by atoms with Gasteiger partial charge in [0, 0.05) is 34.0 Å². The van der Waals surface area contributed by atoms with Gasteiger partial charge in [-0.1, -0.05) is 0 Å². The standard InChI is InChI=1S/C21H17NO6.C10H10O3/c1-12-7-20(23)28-19-10-14(3-5-17(12)19)22-21(24)26-11-16-9-13-8-15(25-2)4-6-18(13)27-16;1-12-8-2-3-10-7(4-8)5-9(6-11)13-10/h3-10H,11H2,1-2H3,(H,22,24);2-5,11H,6H2,1H3. The van der Waals surface area contributed by atoms with Crippen LogP contribution in [0.1, 0.15) is 17.1 Å². The van der Waals surface area contributed by atoms with E-state index in [2.05, 4.69) is 5.32 Å². The lowest BCUT2D eigenvalue weighted by Crippen LogP contribution is -2.13. The van der Waals surface area contributed by atoms with Gasteiger partial charge in [-0.25, -0.2) is 9.59 Å². The monoisotopic (exact) mass is 557 g/mol. The molecule has 0 aliphatic rings. The second kappa shape index (κ2) is 11.9. The highest BCUT2D eigenvalue weighted by atomic mass is 16.6. The Bertz CT molecular complexity index is 1900. The van der Waals surface area contributed by atoms with Crippen molar-refractivity contribution in [2.24, 2.45) is 0 Å². The van der Waals surface area contributed by atoms with E-state index in [0.717, 1.165) is 38.8 Å². The molecule has 0 saturated carbocycles. The molecule has 0 atom stereocenters. The SMILES string of the molecule is COc1ccc2oc(CO)cc2c1.COc1ccc2oc(COC(=O)Nc3ccc4c(C)cc(=O)oc4c3)cc2c1. The van der Waals surface area contributed by atoms with Gasteiger partial charge in [-0.15, -0.1) is 0 Å². The Hall–Kier alpha value is -5.22. The number of aliphatic hydroxyl groups is 1. The number of methoxy groups -OCH3 is 2. The van der Waals surface area contributed by atoms with Crippen molar-refractivity contribution in [3.8, 4) is 11.5 Å². The zero-order valence-electron chi connectivity index (χ0n) is 22.6. The molecule has 0 unspecified atom stereocenters. The summed E-state index contributed by atoms with van der Waals surface area (Å²) in [5.41, 5.74) is 2.67. The summed E-state index contributed by atoms with van der Waals surface area (Å²) >= 11 is 0. The predicted octanol–water partition coefficient (Wildman–Crippen LogP) is 6.54. The molecule has 0 bridgehead atoms. The number of carbonyl (C=O) groups is 1. The van der Waals surface area contributed by atoms with Gasteiger partial charge in [-0.3, -0.25) is 5.32 Å². The van der Waals surface area contributed by atoms with E-state index in [4.69, 9.17) is 32.6 Å². The first-order valence-corrected chi connectivity index (χ1v) is 12.6. The fourth-order valence-electron chi connectivity index (χ4n) is 4.25. The first-order chi connectivity index (χ1) is 19.8. The Morgan fingerprint density at radius 2 is 1.41 bits per heavy atom. The average molecular weight is 558 g/mol. The van der Waals surface area contributed by atoms with Crippen molar-refractivity contribution in [3.63, 3.8) is 0 Å². The molecule has 0 saturated heterocycles. The quantitative estimate of drug-likeness (QED) is 0.219. The van der Waals surface area contributed by atoms with Gasteiger partial charge >= 0.3 is 11.7 Å². The molecule has 0 radical (unpaired) electrons. The number of fused-ring (bicyclic) bond motifs is 3. The van der Waals surface area contributed by atoms with Crippen LogP contribution in [-0.4, -0.2) is 25.4 Å². The van der Waals surface area contributed by atoms with Crippen molar-refractivity contribution < 1.29 is 37.4 Å². The van der Waals surface area contributed by atoms with E-state index < -0.39 is 11.7 Å². The van der Waals surface area contributed by atoms with Crippen LogP contribution in [0.4, 0.5) is 10.5 Å². The van der Waals surface area contributed by atoms with Gasteiger partial charge in [0.15, 0.2) is 6.61 Å². The summed E-state index contributed by atoms with van der Waals surface area (Å²) < 4.78 is 31.6. The predicted molar refractivity (Wildman–Crippen MR) is 152 cm³/mol. The van der Waals surface area contributed by atoms with Crippen LogP contribution in [0.15, 0.2) is 90.8 Å². The van der Waals surface area contributed by atoms with Crippen LogP contribution >= 0.6 is 0 Å². The summed E-state index contributed by atoms with van der Waals surface area (Å²) in [5, 5.41) is 14.1. The molecule has 0 aliphatic heterocycles. The molecular formula is C31H27NO9. The normalized spacial score (nSPS) is 10.8. The lowest BCUT2D eigenvalue weighted by Gasteiger charge is -2.07. The van der Waals surface area contributed by atoms with Gasteiger partial charge in [-0.2, -0.15) is 0 Å². The second-order valence-corrected chi connectivity index (χ2v) is 9.05. The number of benzene rings is 3. The summed E-state index contributed by atoms with van der Waals surface area (Å²) in [6.45, 7) is 1.73. The molecule has 6 aromatic rings. The minimum atomic E-state index is -0.646. The summed E-state index contributed by atoms with van der Waals surface area (Å²) in [6, 6.07) is 21.0. The van der Waals surface area contributed by atoms with Crippen LogP contribution in [0.5, 0.6) is 11.5 Å². The van der Waals surface area contributed by atoms with E-state index in [1.54, 1.807) is 56.7 Å². The van der Waals surface area contributed by atoms with E-state index in [1.807, 2.05) is 31.2 Å². The molecule has 210 valence electrons. The highest BCUT2D eigenvalue weighted by Crippen LogP contribution is 2.26. The number of rotatable bonds is 6. The third-order valence-corrected chi connectivity index (χ3v) is 6.25. The first-order valence-electron chi connectivity index (χ1n) is 12.6. The van der Waals surface area contributed by atoms with Gasteiger partial charge in [0.05, 0.1) is 14.2 Å². The maximum absolute atomic E-state index is 12.1. The number of ether oxygens (including phenoxy) is 3. The number of aliphatic hydroxyl groups excluding tert-OH is 1. The molecule has 1 amide bonds. The Morgan fingerprint density at radius 1 is 0.780 bits per heavy atom. The fraction of sp³-hybridized carbons (Fsp3) is 0.161. The number of amides is 1. The number of anilines is 1. The lowest BCUT2D eigenvalue weighted by molar-refractivity contribution is 0.147. The maximum atomic E-state index is 12.1. The van der Waals surface area contributed by atoms with Gasteiger partial charge in [0.2, 0.25) is 0 Å². The summed E-state index contributed by atoms with van der Waals surface area (Å²) in [7, 11) is 3.21. The van der Waals surface area contributed by atoms with Crippen LogP contribution in [-0.2, 0) is 18.0 Å². The van der Waals surface area contributed by atoms with E-state index >= 15 is 0 Å². The summed E-state index contributed by atoms with van der Waals surface area (Å²) in [4.78, 5) is 23.6. The molecule has 0 aliphatic carbocycles. The van der Waals surface area contributed by atoms with Gasteiger partial charge in [-0.05, 0) is 73.2 Å². The highest BCUT2D eigenvalue weighted by molar-refractivity contribution is 5.90. The molecule has 3 heterocycles. The van der Waals surface area contributed by atoms with Crippen molar-refractivity contribution in [2.75, 3.05) is 19.5 Å². The Morgan fingerprint density at radius 3 is 2.05 bits per heavy atom. The number of carbonyl (C=O) groups excluding carboxylic acids is 1. The van der Waals surface area contributed by atoms with Crippen molar-refractivity contribution in [1.82, 2.24) is 0 Å². The molecule has 6 rings (SSSR count). The average Bonchev–Trinajstić information content (AvgIpc) is 3.58. The second-order valence-electron chi connectivity index (χ2n) is 9.05. The number of nitrogens with one attached hydrogen (secondary N) is 1. The minimum Gasteiger partial charge on any atom is -0.497 e. The third kappa shape index (κ3) is 6.34. The van der Waals surface area contributed by atoms with Crippen LogP contribution in [0.2, 0.25) is 0 Å². The molecular weight excluding hydrogens is 530 g/mol. The molecule has 3 aromatic carbocycles. The topological polar surface area (TPSA) is 134 Å². The van der Waals surface area contributed by atoms with Crippen LogP contribution in [0, 0.1) is 6.92 Å². The zero-order valence-corrected chi connectivity index (χ0v) is 22.6. The van der Waals surface area contributed by atoms with Crippen molar-refractivity contribution in [3.05, 3.63) is 100 Å². The van der Waals surface area contributed by atoms with Gasteiger partial charge in [0.25, 0.3) is 0 Å². The van der Waals surface area contributed by atoms with Crippen molar-refractivity contribution in [2.45, 2.75) is 20.1 Å². The Labute approximate surface area is 233 Å². The smallest absolute Gasteiger partial charge is 0.412 e. The third-order valence-electron chi connectivity index (χ3n) is 6.25. The maximum Gasteiger partial charge on any atom is 0.412 e. The minimum absolute atomic E-state index is 0.0232. The molecule has 0 spiro atoms. The van der Waals surface area contributed by atoms with Crippen molar-refractivity contribution >= 4 is 44.7 Å². The molecule has 2 N–H and O–H groups in total. The van der Waals surface area contributed by atoms with E-state index in [1.165, 1.54) is 6.07 Å². The molecule has 10 nitrogen and oxygen atoms in total. The lowest BCUT2D eigenvalue weighted by atomic mass is 10.1. The first kappa shape index (κ1) is 27.4. The Balaban J connectivity index is 0.000000216. The van der Waals surface area contributed by atoms with Crippen LogP contribution < -0.4 is 20.4 Å². The zero-order chi connectivity index (χ0) is 28.9. The number of furan rings is 2. The van der Waals surface area contributed by atoms with Crippen LogP contribution in [0.25, 0.3) is 32.9 Å². The van der Waals surface area contributed by atoms with Gasteiger partial charge in [0.1, 0.15) is 46.4 Å². The fourth-order valence-corrected chi connectivity index (χ4v) is 4.25. The van der Waals surface area contributed by atoms with E-state index in [9.17, 15) is 9.59 Å². The highest BCUT2D eigenvalue weighted by Gasteiger charge is 2.10. The van der Waals surface area contributed by atoms with Gasteiger partial charge < -0.3 is 32.6 Å². The number of hydrogen-bond donors (Lipinski definition) is 2. The number of hydrogen-bond acceptors (Lipinski definition) is 9. The molecule has 41 heavy (non-hydrogen) atoms. The van der Waals surface area contributed by atoms with Crippen LogP contribution in [0.3, 0.4) is 0 Å². The molecule has 3 aromatic heterocycles. The summed E-state index contributed by atoms with van der Waals surface area (Å²) in [6.07, 6.45) is -0.646. The number of aryl methyl sites for hydroxylation is 1. The van der Waals surface area contributed by atoms with E-state index in [-0.39, 0.29) is 13.2 Å².